The van der Waals surface area contributed by atoms with Crippen molar-refractivity contribution < 1.29 is 27.5 Å². The monoisotopic (exact) mass is 496 g/mol. The Balaban J connectivity index is 1.42. The molecule has 2 heterocycles. The molecular weight excluding hydrogens is 477 g/mol. The number of hydrogen-bond acceptors (Lipinski definition) is 3. The number of likely N-dealkylation sites (tertiary alicyclic amines) is 1. The Bertz CT molecular complexity index is 1000. The third-order valence-electron chi connectivity index (χ3n) is 5.76. The molecule has 2 aromatic carbocycles. The Morgan fingerprint density at radius 1 is 1.10 bits per heavy atom. The van der Waals surface area contributed by atoms with Gasteiger partial charge in [-0.15, -0.1) is 0 Å². The lowest BCUT2D eigenvalue weighted by molar-refractivity contribution is -0.138. The topological polar surface area (TPSA) is 49.9 Å². The van der Waals surface area contributed by atoms with Crippen LogP contribution in [0.2, 0.25) is 0 Å². The molecule has 31 heavy (non-hydrogen) atoms. The molecule has 5 nitrogen and oxygen atoms in total. The van der Waals surface area contributed by atoms with E-state index in [0.717, 1.165) is 10.5 Å². The molecule has 0 saturated carbocycles. The quantitative estimate of drug-likeness (QED) is 0.594. The van der Waals surface area contributed by atoms with E-state index in [1.165, 1.54) is 23.1 Å². The van der Waals surface area contributed by atoms with Gasteiger partial charge in [-0.3, -0.25) is 9.69 Å². The number of amides is 2. The van der Waals surface area contributed by atoms with E-state index in [0.29, 0.717) is 31.5 Å². The first-order valence-corrected chi connectivity index (χ1v) is 10.6. The normalized spacial score (nSPS) is 18.4. The molecule has 0 radical (unpaired) electrons. The summed E-state index contributed by atoms with van der Waals surface area (Å²) in [6, 6.07) is 12.4. The Labute approximate surface area is 185 Å². The highest BCUT2D eigenvalue weighted by atomic mass is 79.9. The van der Waals surface area contributed by atoms with Gasteiger partial charge in [0, 0.05) is 42.5 Å². The highest BCUT2D eigenvalue weighted by Crippen LogP contribution is 2.37. The van der Waals surface area contributed by atoms with Crippen molar-refractivity contribution in [3.8, 4) is 0 Å². The summed E-state index contributed by atoms with van der Waals surface area (Å²) in [5.41, 5.74) is -0.929. The van der Waals surface area contributed by atoms with Crippen LogP contribution in [0.5, 0.6) is 0 Å². The van der Waals surface area contributed by atoms with Crippen LogP contribution in [0, 0.1) is 0 Å². The van der Waals surface area contributed by atoms with Crippen LogP contribution in [0.15, 0.2) is 53.0 Å². The Kier molecular flexibility index (Phi) is 5.72. The van der Waals surface area contributed by atoms with E-state index in [9.17, 15) is 22.8 Å². The molecule has 0 bridgehead atoms. The van der Waals surface area contributed by atoms with Gasteiger partial charge in [0.2, 0.25) is 0 Å². The van der Waals surface area contributed by atoms with Crippen LogP contribution in [0.4, 0.5) is 18.0 Å². The fourth-order valence-electron chi connectivity index (χ4n) is 4.14. The lowest BCUT2D eigenvalue weighted by atomic mass is 9.91. The number of nitrogens with zero attached hydrogens (tertiary/aromatic N) is 2. The maximum Gasteiger partial charge on any atom is 0.416 e. The number of halogens is 4. The maximum absolute atomic E-state index is 13.3. The summed E-state index contributed by atoms with van der Waals surface area (Å²) in [5.74, 6) is -0.101. The lowest BCUT2D eigenvalue weighted by Gasteiger charge is -2.37. The van der Waals surface area contributed by atoms with Crippen molar-refractivity contribution in [3.05, 3.63) is 69.7 Å². The predicted octanol–water partition coefficient (Wildman–Crippen LogP) is 5.10. The molecule has 0 N–H and O–H groups in total. The average molecular weight is 497 g/mol. The second-order valence-corrected chi connectivity index (χ2v) is 8.78. The molecule has 0 aliphatic carbocycles. The fourth-order valence-corrected chi connectivity index (χ4v) is 4.54. The van der Waals surface area contributed by atoms with Crippen LogP contribution in [-0.4, -0.2) is 47.0 Å². The highest BCUT2D eigenvalue weighted by molar-refractivity contribution is 9.10. The van der Waals surface area contributed by atoms with Gasteiger partial charge in [0.15, 0.2) is 0 Å². The third kappa shape index (κ3) is 4.56. The number of rotatable bonds is 3. The smallest absolute Gasteiger partial charge is 0.416 e. The maximum atomic E-state index is 13.3. The number of hydrogen-bond donors (Lipinski definition) is 0. The van der Waals surface area contributed by atoms with E-state index in [1.807, 2.05) is 6.07 Å². The fraction of sp³-hybridized carbons (Fsp3) is 0.364. The van der Waals surface area contributed by atoms with Gasteiger partial charge in [-0.25, -0.2) is 4.79 Å². The zero-order valence-corrected chi connectivity index (χ0v) is 18.1. The van der Waals surface area contributed by atoms with E-state index in [1.54, 1.807) is 23.1 Å². The van der Waals surface area contributed by atoms with Crippen molar-refractivity contribution in [2.45, 2.75) is 31.2 Å². The molecule has 2 aliphatic heterocycles. The van der Waals surface area contributed by atoms with Crippen LogP contribution in [0.3, 0.4) is 0 Å². The van der Waals surface area contributed by atoms with Gasteiger partial charge in [-0.1, -0.05) is 40.2 Å². The molecular formula is C22H20BrF3N2O3. The van der Waals surface area contributed by atoms with Crippen LogP contribution in [0.25, 0.3) is 0 Å². The first kappa shape index (κ1) is 21.7. The predicted molar refractivity (Wildman–Crippen MR) is 110 cm³/mol. The van der Waals surface area contributed by atoms with Crippen LogP contribution in [-0.2, 0) is 17.5 Å². The largest absolute Gasteiger partial charge is 0.441 e. The summed E-state index contributed by atoms with van der Waals surface area (Å²) in [4.78, 5) is 28.2. The molecule has 0 atom stereocenters. The summed E-state index contributed by atoms with van der Waals surface area (Å²) in [6.45, 7) is 0.852. The Morgan fingerprint density at radius 2 is 1.81 bits per heavy atom. The number of piperidine rings is 1. The molecule has 2 amide bonds. The number of carbonyl (C=O) groups is 2. The first-order valence-electron chi connectivity index (χ1n) is 9.85. The van der Waals surface area contributed by atoms with Gasteiger partial charge in [-0.05, 0) is 29.8 Å². The first-order chi connectivity index (χ1) is 14.7. The lowest BCUT2D eigenvalue weighted by Crippen LogP contribution is -2.48. The molecule has 2 saturated heterocycles. The minimum Gasteiger partial charge on any atom is -0.441 e. The Hall–Kier alpha value is -2.55. The summed E-state index contributed by atoms with van der Waals surface area (Å²) >= 11 is 3.36. The number of ether oxygens (including phenoxy) is 1. The van der Waals surface area contributed by atoms with Crippen molar-refractivity contribution in [2.24, 2.45) is 0 Å². The summed E-state index contributed by atoms with van der Waals surface area (Å²) in [6.07, 6.45) is -4.23. The molecule has 2 fully saturated rings. The number of carbonyl (C=O) groups excluding carboxylic acids is 2. The van der Waals surface area contributed by atoms with Gasteiger partial charge < -0.3 is 9.64 Å². The van der Waals surface area contributed by atoms with E-state index in [2.05, 4.69) is 15.9 Å². The van der Waals surface area contributed by atoms with Gasteiger partial charge in [0.05, 0.1) is 12.1 Å². The van der Waals surface area contributed by atoms with Gasteiger partial charge >= 0.3 is 12.3 Å². The van der Waals surface area contributed by atoms with Gasteiger partial charge in [-0.2, -0.15) is 13.2 Å². The van der Waals surface area contributed by atoms with Crippen LogP contribution >= 0.6 is 15.9 Å². The minimum absolute atomic E-state index is 0.0336. The number of alkyl halides is 3. The second kappa shape index (κ2) is 8.18. The molecule has 9 heteroatoms. The van der Waals surface area contributed by atoms with Crippen molar-refractivity contribution >= 4 is 27.9 Å². The van der Waals surface area contributed by atoms with Crippen molar-refractivity contribution in [1.29, 1.82) is 0 Å². The summed E-state index contributed by atoms with van der Waals surface area (Å²) < 4.78 is 46.3. The zero-order chi connectivity index (χ0) is 22.2. The van der Waals surface area contributed by atoms with Gasteiger partial charge in [0.25, 0.3) is 5.91 Å². The molecule has 164 valence electrons. The zero-order valence-electron chi connectivity index (χ0n) is 16.5. The van der Waals surface area contributed by atoms with Crippen molar-refractivity contribution in [3.63, 3.8) is 0 Å². The Morgan fingerprint density at radius 3 is 2.48 bits per heavy atom. The third-order valence-corrected chi connectivity index (χ3v) is 6.25. The molecule has 2 aliphatic rings. The highest BCUT2D eigenvalue weighted by Gasteiger charge is 2.48. The average Bonchev–Trinajstić information content (AvgIpc) is 3.02. The molecule has 4 rings (SSSR count). The SMILES string of the molecule is O=C1OC2(CCN(C(=O)c3cccc(Br)c3)CC2)CN1Cc1ccccc1C(F)(F)F. The van der Waals surface area contributed by atoms with Crippen LogP contribution < -0.4 is 0 Å². The van der Waals surface area contributed by atoms with E-state index in [-0.39, 0.29) is 24.6 Å². The van der Waals surface area contributed by atoms with E-state index in [4.69, 9.17) is 4.74 Å². The van der Waals surface area contributed by atoms with Crippen molar-refractivity contribution in [1.82, 2.24) is 9.80 Å². The molecule has 1 spiro atoms. The molecule has 2 aromatic rings. The van der Waals surface area contributed by atoms with Gasteiger partial charge in [0.1, 0.15) is 5.60 Å². The second-order valence-electron chi connectivity index (χ2n) is 7.86. The minimum atomic E-state index is -4.49. The standard InChI is InChI=1S/C22H20BrF3N2O3/c23-17-6-3-5-15(12-17)19(29)27-10-8-21(9-11-27)14-28(20(30)31-21)13-16-4-1-2-7-18(16)22(24,25)26/h1-7,12H,8-11,13-14H2. The molecule has 0 unspecified atom stereocenters. The summed E-state index contributed by atoms with van der Waals surface area (Å²) in [5, 5.41) is 0. The number of benzene rings is 2. The van der Waals surface area contributed by atoms with E-state index < -0.39 is 23.4 Å². The summed E-state index contributed by atoms with van der Waals surface area (Å²) in [7, 11) is 0. The van der Waals surface area contributed by atoms with Crippen LogP contribution in [0.1, 0.15) is 34.3 Å². The molecule has 0 aromatic heterocycles. The van der Waals surface area contributed by atoms with Crippen molar-refractivity contribution in [2.75, 3.05) is 19.6 Å². The van der Waals surface area contributed by atoms with E-state index >= 15 is 0 Å².